The Hall–Kier alpha value is -1.85. The van der Waals surface area contributed by atoms with Gasteiger partial charge in [-0.3, -0.25) is 4.79 Å². The lowest BCUT2D eigenvalue weighted by atomic mass is 9.91. The van der Waals surface area contributed by atoms with E-state index in [1.54, 1.807) is 34.0 Å². The highest BCUT2D eigenvalue weighted by molar-refractivity contribution is 6.30. The topological polar surface area (TPSA) is 58.4 Å². The molecule has 1 fully saturated rings. The van der Waals surface area contributed by atoms with Crippen molar-refractivity contribution >= 4 is 17.5 Å². The molecule has 0 saturated carbocycles. The van der Waals surface area contributed by atoms with Gasteiger partial charge in [0.05, 0.1) is 18.3 Å². The van der Waals surface area contributed by atoms with Crippen LogP contribution in [0.2, 0.25) is 5.02 Å². The molecule has 0 aliphatic carbocycles. The molecule has 1 amide bonds. The zero-order valence-electron chi connectivity index (χ0n) is 13.0. The number of aromatic nitrogens is 2. The van der Waals surface area contributed by atoms with E-state index in [1.807, 2.05) is 12.1 Å². The van der Waals surface area contributed by atoms with Crippen molar-refractivity contribution in [2.24, 2.45) is 5.92 Å². The molecule has 2 aromatic rings. The van der Waals surface area contributed by atoms with Gasteiger partial charge in [0, 0.05) is 17.8 Å². The van der Waals surface area contributed by atoms with Gasteiger partial charge in [0.15, 0.2) is 5.69 Å². The zero-order chi connectivity index (χ0) is 16.4. The zero-order valence-corrected chi connectivity index (χ0v) is 13.8. The average molecular weight is 334 g/mol. The number of hydrogen-bond acceptors (Lipinski definition) is 3. The number of aliphatic hydroxyl groups excluding tert-OH is 1. The van der Waals surface area contributed by atoms with Gasteiger partial charge in [-0.1, -0.05) is 24.6 Å². The van der Waals surface area contributed by atoms with Gasteiger partial charge in [0.1, 0.15) is 0 Å². The maximum atomic E-state index is 12.7. The minimum atomic E-state index is -0.132. The van der Waals surface area contributed by atoms with E-state index < -0.39 is 0 Å². The molecule has 2 atom stereocenters. The monoisotopic (exact) mass is 333 g/mol. The van der Waals surface area contributed by atoms with Crippen molar-refractivity contribution in [3.63, 3.8) is 0 Å². The van der Waals surface area contributed by atoms with Crippen LogP contribution in [0.15, 0.2) is 36.5 Å². The molecule has 0 spiro atoms. The van der Waals surface area contributed by atoms with Crippen LogP contribution >= 0.6 is 11.6 Å². The minimum absolute atomic E-state index is 0.0120. The molecule has 0 radical (unpaired) electrons. The number of carbonyl (C=O) groups excluding carboxylic acids is 1. The van der Waals surface area contributed by atoms with Gasteiger partial charge in [-0.05, 0) is 43.0 Å². The molecule has 0 bridgehead atoms. The summed E-state index contributed by atoms with van der Waals surface area (Å²) in [6, 6.07) is 8.88. The summed E-state index contributed by atoms with van der Waals surface area (Å²) < 4.78 is 1.64. The molecule has 6 heteroatoms. The van der Waals surface area contributed by atoms with E-state index in [-0.39, 0.29) is 18.6 Å². The fourth-order valence-electron chi connectivity index (χ4n) is 3.13. The summed E-state index contributed by atoms with van der Waals surface area (Å²) in [5.41, 5.74) is 1.19. The molecule has 1 aromatic heterocycles. The third-order valence-corrected chi connectivity index (χ3v) is 4.68. The van der Waals surface area contributed by atoms with Crippen LogP contribution in [-0.2, 0) is 0 Å². The van der Waals surface area contributed by atoms with Crippen LogP contribution in [0.25, 0.3) is 5.69 Å². The number of hydrogen-bond donors (Lipinski definition) is 1. The predicted octanol–water partition coefficient (Wildman–Crippen LogP) is 2.76. The SMILES string of the molecule is CC1CCCN(C(=O)c2ccn(-c3cccc(Cl)c3)n2)C1CO. The van der Waals surface area contributed by atoms with Gasteiger partial charge in [-0.2, -0.15) is 5.10 Å². The van der Waals surface area contributed by atoms with Gasteiger partial charge in [-0.25, -0.2) is 4.68 Å². The fourth-order valence-corrected chi connectivity index (χ4v) is 3.31. The molecule has 3 rings (SSSR count). The number of carbonyl (C=O) groups is 1. The molecule has 1 aromatic carbocycles. The summed E-state index contributed by atoms with van der Waals surface area (Å²) in [6.45, 7) is 2.73. The predicted molar refractivity (Wildman–Crippen MR) is 88.9 cm³/mol. The second-order valence-electron chi connectivity index (χ2n) is 5.99. The maximum Gasteiger partial charge on any atom is 0.274 e. The Morgan fingerprint density at radius 2 is 2.26 bits per heavy atom. The fraction of sp³-hybridized carbons (Fsp3) is 0.412. The van der Waals surface area contributed by atoms with E-state index in [1.165, 1.54) is 0 Å². The van der Waals surface area contributed by atoms with Crippen LogP contribution in [0.3, 0.4) is 0 Å². The molecule has 23 heavy (non-hydrogen) atoms. The van der Waals surface area contributed by atoms with E-state index >= 15 is 0 Å². The Bertz CT molecular complexity index is 701. The lowest BCUT2D eigenvalue weighted by molar-refractivity contribution is 0.0353. The number of aliphatic hydroxyl groups is 1. The van der Waals surface area contributed by atoms with Crippen molar-refractivity contribution < 1.29 is 9.90 Å². The van der Waals surface area contributed by atoms with E-state index in [4.69, 9.17) is 11.6 Å². The van der Waals surface area contributed by atoms with Crippen LogP contribution in [0, 0.1) is 5.92 Å². The Kier molecular flexibility index (Phi) is 4.68. The van der Waals surface area contributed by atoms with E-state index in [0.717, 1.165) is 18.5 Å². The van der Waals surface area contributed by atoms with Crippen molar-refractivity contribution in [1.29, 1.82) is 0 Å². The lowest BCUT2D eigenvalue weighted by Gasteiger charge is -2.38. The molecule has 1 N–H and O–H groups in total. The summed E-state index contributed by atoms with van der Waals surface area (Å²) in [4.78, 5) is 14.5. The third kappa shape index (κ3) is 3.26. The van der Waals surface area contributed by atoms with Crippen LogP contribution in [0.1, 0.15) is 30.3 Å². The smallest absolute Gasteiger partial charge is 0.274 e. The third-order valence-electron chi connectivity index (χ3n) is 4.44. The number of rotatable bonds is 3. The normalized spacial score (nSPS) is 21.4. The van der Waals surface area contributed by atoms with E-state index in [9.17, 15) is 9.90 Å². The average Bonchev–Trinajstić information content (AvgIpc) is 3.04. The second kappa shape index (κ2) is 6.72. The molecule has 5 nitrogen and oxygen atoms in total. The van der Waals surface area contributed by atoms with Crippen LogP contribution < -0.4 is 0 Å². The summed E-state index contributed by atoms with van der Waals surface area (Å²) in [5, 5.41) is 14.6. The Morgan fingerprint density at radius 1 is 1.43 bits per heavy atom. The highest BCUT2D eigenvalue weighted by Gasteiger charge is 2.32. The molecule has 122 valence electrons. The molecule has 1 aliphatic heterocycles. The van der Waals surface area contributed by atoms with Gasteiger partial charge < -0.3 is 10.0 Å². The maximum absolute atomic E-state index is 12.7. The van der Waals surface area contributed by atoms with Crippen LogP contribution in [0.4, 0.5) is 0 Å². The van der Waals surface area contributed by atoms with Crippen molar-refractivity contribution in [2.45, 2.75) is 25.8 Å². The minimum Gasteiger partial charge on any atom is -0.394 e. The first-order valence-electron chi connectivity index (χ1n) is 7.83. The first kappa shape index (κ1) is 16.0. The standard InChI is InChI=1S/C17H20ClN3O2/c1-12-4-3-8-20(16(12)11-22)17(23)15-7-9-21(19-15)14-6-2-5-13(18)10-14/h2,5-7,9-10,12,16,22H,3-4,8,11H2,1H3. The number of benzene rings is 1. The summed E-state index contributed by atoms with van der Waals surface area (Å²) in [5.74, 6) is 0.170. The molecule has 2 heterocycles. The van der Waals surface area contributed by atoms with Gasteiger partial charge in [0.25, 0.3) is 5.91 Å². The Morgan fingerprint density at radius 3 is 3.00 bits per heavy atom. The summed E-state index contributed by atoms with van der Waals surface area (Å²) >= 11 is 6.00. The van der Waals surface area contributed by atoms with Crippen molar-refractivity contribution in [3.8, 4) is 5.69 Å². The number of likely N-dealkylation sites (tertiary alicyclic amines) is 1. The number of halogens is 1. The van der Waals surface area contributed by atoms with Crippen molar-refractivity contribution in [1.82, 2.24) is 14.7 Å². The summed E-state index contributed by atoms with van der Waals surface area (Å²) in [6.07, 6.45) is 3.74. The van der Waals surface area contributed by atoms with Gasteiger partial charge in [-0.15, -0.1) is 0 Å². The molecule has 1 saturated heterocycles. The molecule has 1 aliphatic rings. The van der Waals surface area contributed by atoms with E-state index in [2.05, 4.69) is 12.0 Å². The van der Waals surface area contributed by atoms with Crippen molar-refractivity contribution in [3.05, 3.63) is 47.2 Å². The second-order valence-corrected chi connectivity index (χ2v) is 6.43. The number of amides is 1. The Balaban J connectivity index is 1.83. The number of piperidine rings is 1. The van der Waals surface area contributed by atoms with Crippen LogP contribution in [-0.4, -0.2) is 44.9 Å². The molecular formula is C17H20ClN3O2. The molecular weight excluding hydrogens is 314 g/mol. The van der Waals surface area contributed by atoms with Crippen LogP contribution in [0.5, 0.6) is 0 Å². The highest BCUT2D eigenvalue weighted by Crippen LogP contribution is 2.24. The largest absolute Gasteiger partial charge is 0.394 e. The molecule has 2 unspecified atom stereocenters. The first-order chi connectivity index (χ1) is 11.1. The number of nitrogens with zero attached hydrogens (tertiary/aromatic N) is 3. The van der Waals surface area contributed by atoms with Gasteiger partial charge >= 0.3 is 0 Å². The van der Waals surface area contributed by atoms with Crippen molar-refractivity contribution in [2.75, 3.05) is 13.2 Å². The summed E-state index contributed by atoms with van der Waals surface area (Å²) in [7, 11) is 0. The first-order valence-corrected chi connectivity index (χ1v) is 8.21. The van der Waals surface area contributed by atoms with E-state index in [0.29, 0.717) is 23.2 Å². The highest BCUT2D eigenvalue weighted by atomic mass is 35.5. The van der Waals surface area contributed by atoms with Gasteiger partial charge in [0.2, 0.25) is 0 Å². The quantitative estimate of drug-likeness (QED) is 0.939. The lowest BCUT2D eigenvalue weighted by Crippen LogP contribution is -2.49. The Labute approximate surface area is 140 Å².